The Balaban J connectivity index is 2.00. The van der Waals surface area contributed by atoms with Crippen molar-refractivity contribution >= 4 is 0 Å². The highest BCUT2D eigenvalue weighted by molar-refractivity contribution is 5.24. The molecule has 0 spiro atoms. The molecule has 2 rings (SSSR count). The first kappa shape index (κ1) is 13.6. The van der Waals surface area contributed by atoms with Gasteiger partial charge in [0.1, 0.15) is 0 Å². The maximum absolute atomic E-state index is 5.69. The lowest BCUT2D eigenvalue weighted by Crippen LogP contribution is -2.18. The van der Waals surface area contributed by atoms with Crippen molar-refractivity contribution in [1.29, 1.82) is 0 Å². The van der Waals surface area contributed by atoms with E-state index in [4.69, 9.17) is 4.74 Å². The van der Waals surface area contributed by atoms with E-state index in [1.54, 1.807) is 0 Å². The smallest absolute Gasteiger partial charge is 0.0771 e. The van der Waals surface area contributed by atoms with Crippen LogP contribution in [0.2, 0.25) is 0 Å². The molecule has 1 atom stereocenters. The molecule has 1 aliphatic heterocycles. The van der Waals surface area contributed by atoms with Gasteiger partial charge < -0.3 is 10.1 Å². The second kappa shape index (κ2) is 6.34. The first-order valence-electron chi connectivity index (χ1n) is 7.07. The first-order chi connectivity index (χ1) is 8.72. The molecular formula is C14H25N3O. The summed E-state index contributed by atoms with van der Waals surface area (Å²) < 4.78 is 7.82. The number of likely N-dealkylation sites (N-methyl/N-ethyl adjacent to an activating group) is 1. The summed E-state index contributed by atoms with van der Waals surface area (Å²) in [5.41, 5.74) is 3.87. The van der Waals surface area contributed by atoms with Crippen LogP contribution >= 0.6 is 0 Å². The third-order valence-corrected chi connectivity index (χ3v) is 3.73. The maximum Gasteiger partial charge on any atom is 0.0771 e. The van der Waals surface area contributed by atoms with Gasteiger partial charge in [-0.2, -0.15) is 5.10 Å². The molecule has 0 bridgehead atoms. The predicted molar refractivity (Wildman–Crippen MR) is 72.9 cm³/mol. The van der Waals surface area contributed by atoms with Gasteiger partial charge in [-0.1, -0.05) is 6.92 Å². The number of aryl methyl sites for hydroxylation is 1. The van der Waals surface area contributed by atoms with Gasteiger partial charge in [0.15, 0.2) is 0 Å². The summed E-state index contributed by atoms with van der Waals surface area (Å²) in [4.78, 5) is 0. The summed E-state index contributed by atoms with van der Waals surface area (Å²) in [5, 5.41) is 8.03. The quantitative estimate of drug-likeness (QED) is 0.784. The van der Waals surface area contributed by atoms with Crippen molar-refractivity contribution in [2.75, 3.05) is 19.7 Å². The van der Waals surface area contributed by atoms with Gasteiger partial charge in [0.2, 0.25) is 0 Å². The molecule has 1 unspecified atom stereocenters. The molecule has 2 heterocycles. The van der Waals surface area contributed by atoms with Gasteiger partial charge in [-0.05, 0) is 51.8 Å². The number of nitrogens with one attached hydrogen (secondary N) is 1. The van der Waals surface area contributed by atoms with Gasteiger partial charge in [0.25, 0.3) is 0 Å². The number of hydrogen-bond donors (Lipinski definition) is 1. The van der Waals surface area contributed by atoms with Crippen molar-refractivity contribution in [3.63, 3.8) is 0 Å². The lowest BCUT2D eigenvalue weighted by molar-refractivity contribution is 0.0934. The molecule has 1 aliphatic rings. The molecule has 102 valence electrons. The zero-order valence-electron chi connectivity index (χ0n) is 11.8. The standard InChI is InChI=1S/C14H25N3O/c1-4-15-8-7-14-11(2)16-17(12(14)3)10-13-6-5-9-18-13/h13,15H,4-10H2,1-3H3. The summed E-state index contributed by atoms with van der Waals surface area (Å²) >= 11 is 0. The van der Waals surface area contributed by atoms with E-state index in [9.17, 15) is 0 Å². The van der Waals surface area contributed by atoms with Crippen molar-refractivity contribution in [3.05, 3.63) is 17.0 Å². The van der Waals surface area contributed by atoms with Crippen LogP contribution in [0.3, 0.4) is 0 Å². The average Bonchev–Trinajstić information content (AvgIpc) is 2.93. The molecule has 18 heavy (non-hydrogen) atoms. The van der Waals surface area contributed by atoms with Crippen LogP contribution in [0.1, 0.15) is 36.7 Å². The number of ether oxygens (including phenoxy) is 1. The van der Waals surface area contributed by atoms with Crippen molar-refractivity contribution in [3.8, 4) is 0 Å². The van der Waals surface area contributed by atoms with Crippen LogP contribution in [0.4, 0.5) is 0 Å². The van der Waals surface area contributed by atoms with Gasteiger partial charge >= 0.3 is 0 Å². The molecule has 1 saturated heterocycles. The fourth-order valence-corrected chi connectivity index (χ4v) is 2.64. The summed E-state index contributed by atoms with van der Waals surface area (Å²) in [6, 6.07) is 0. The Morgan fingerprint density at radius 2 is 2.28 bits per heavy atom. The van der Waals surface area contributed by atoms with E-state index in [0.29, 0.717) is 6.10 Å². The second-order valence-corrected chi connectivity index (χ2v) is 5.07. The van der Waals surface area contributed by atoms with E-state index in [1.165, 1.54) is 29.8 Å². The number of aromatic nitrogens is 2. The Morgan fingerprint density at radius 3 is 2.94 bits per heavy atom. The highest BCUT2D eigenvalue weighted by Gasteiger charge is 2.19. The lowest BCUT2D eigenvalue weighted by Gasteiger charge is -2.11. The third-order valence-electron chi connectivity index (χ3n) is 3.73. The van der Waals surface area contributed by atoms with E-state index >= 15 is 0 Å². The highest BCUT2D eigenvalue weighted by atomic mass is 16.5. The molecule has 0 saturated carbocycles. The minimum Gasteiger partial charge on any atom is -0.376 e. The van der Waals surface area contributed by atoms with Crippen LogP contribution in [0.15, 0.2) is 0 Å². The van der Waals surface area contributed by atoms with Crippen LogP contribution in [-0.2, 0) is 17.7 Å². The molecule has 0 aromatic carbocycles. The Kier molecular flexibility index (Phi) is 4.78. The van der Waals surface area contributed by atoms with Gasteiger partial charge in [-0.15, -0.1) is 0 Å². The monoisotopic (exact) mass is 251 g/mol. The van der Waals surface area contributed by atoms with Crippen molar-refractivity contribution in [2.45, 2.75) is 52.7 Å². The topological polar surface area (TPSA) is 39.1 Å². The van der Waals surface area contributed by atoms with Gasteiger partial charge in [-0.25, -0.2) is 0 Å². The molecule has 4 nitrogen and oxygen atoms in total. The first-order valence-corrected chi connectivity index (χ1v) is 7.07. The summed E-state index contributed by atoms with van der Waals surface area (Å²) in [5.74, 6) is 0. The molecule has 4 heteroatoms. The number of hydrogen-bond acceptors (Lipinski definition) is 3. The Bertz CT molecular complexity index is 381. The second-order valence-electron chi connectivity index (χ2n) is 5.07. The van der Waals surface area contributed by atoms with E-state index < -0.39 is 0 Å². The minimum atomic E-state index is 0.365. The molecule has 1 aromatic heterocycles. The fraction of sp³-hybridized carbons (Fsp3) is 0.786. The lowest BCUT2D eigenvalue weighted by atomic mass is 10.1. The van der Waals surface area contributed by atoms with Crippen LogP contribution in [0.25, 0.3) is 0 Å². The summed E-state index contributed by atoms with van der Waals surface area (Å²) in [7, 11) is 0. The largest absolute Gasteiger partial charge is 0.376 e. The van der Waals surface area contributed by atoms with E-state index in [0.717, 1.165) is 32.7 Å². The van der Waals surface area contributed by atoms with Crippen LogP contribution < -0.4 is 5.32 Å². The van der Waals surface area contributed by atoms with Crippen LogP contribution in [0.5, 0.6) is 0 Å². The molecule has 0 radical (unpaired) electrons. The van der Waals surface area contributed by atoms with Crippen LogP contribution in [0, 0.1) is 13.8 Å². The van der Waals surface area contributed by atoms with Gasteiger partial charge in [-0.3, -0.25) is 4.68 Å². The highest BCUT2D eigenvalue weighted by Crippen LogP contribution is 2.18. The fourth-order valence-electron chi connectivity index (χ4n) is 2.64. The SMILES string of the molecule is CCNCCc1c(C)nn(CC2CCCO2)c1C. The van der Waals surface area contributed by atoms with Crippen molar-refractivity contribution < 1.29 is 4.74 Å². The number of rotatable bonds is 6. The third kappa shape index (κ3) is 3.12. The van der Waals surface area contributed by atoms with Gasteiger partial charge in [0, 0.05) is 12.3 Å². The average molecular weight is 251 g/mol. The molecule has 0 aliphatic carbocycles. The Labute approximate surface area is 110 Å². The molecule has 1 fully saturated rings. The Morgan fingerprint density at radius 1 is 1.44 bits per heavy atom. The Hall–Kier alpha value is -0.870. The van der Waals surface area contributed by atoms with Crippen molar-refractivity contribution in [1.82, 2.24) is 15.1 Å². The molecule has 0 amide bonds. The maximum atomic E-state index is 5.69. The van der Waals surface area contributed by atoms with E-state index in [2.05, 4.69) is 35.9 Å². The van der Waals surface area contributed by atoms with Gasteiger partial charge in [0.05, 0.1) is 18.3 Å². The van der Waals surface area contributed by atoms with E-state index in [1.807, 2.05) is 0 Å². The summed E-state index contributed by atoms with van der Waals surface area (Å²) in [6.07, 6.45) is 3.80. The van der Waals surface area contributed by atoms with Crippen LogP contribution in [-0.4, -0.2) is 35.6 Å². The normalized spacial score (nSPS) is 19.6. The zero-order chi connectivity index (χ0) is 13.0. The predicted octanol–water partition coefficient (Wildman–Crippen LogP) is 1.83. The zero-order valence-corrected chi connectivity index (χ0v) is 11.8. The summed E-state index contributed by atoms with van der Waals surface area (Å²) in [6.45, 7) is 10.3. The molecule has 1 aromatic rings. The van der Waals surface area contributed by atoms with E-state index in [-0.39, 0.29) is 0 Å². The van der Waals surface area contributed by atoms with Crippen molar-refractivity contribution in [2.24, 2.45) is 0 Å². The molecule has 1 N–H and O–H groups in total. The molecular weight excluding hydrogens is 226 g/mol. The minimum absolute atomic E-state index is 0.365. The number of nitrogens with zero attached hydrogens (tertiary/aromatic N) is 2.